The van der Waals surface area contributed by atoms with E-state index in [-0.39, 0.29) is 17.3 Å². The van der Waals surface area contributed by atoms with Gasteiger partial charge in [0.1, 0.15) is 5.82 Å². The van der Waals surface area contributed by atoms with Crippen LogP contribution in [0.2, 0.25) is 0 Å². The van der Waals surface area contributed by atoms with Gasteiger partial charge in [-0.15, -0.1) is 11.3 Å². The predicted octanol–water partition coefficient (Wildman–Crippen LogP) is 5.48. The molecule has 2 fully saturated rings. The Morgan fingerprint density at radius 1 is 1.04 bits per heavy atom. The molecule has 4 nitrogen and oxygen atoms in total. The van der Waals surface area contributed by atoms with Crippen LogP contribution in [0.15, 0.2) is 53.9 Å². The number of aromatic nitrogens is 1. The maximum absolute atomic E-state index is 14.1. The first-order chi connectivity index (χ1) is 13.5. The van der Waals surface area contributed by atoms with Crippen molar-refractivity contribution in [3.63, 3.8) is 0 Å². The molecule has 0 atom stereocenters. The molecular formula is C22H20FN3OS. The van der Waals surface area contributed by atoms with Crippen molar-refractivity contribution < 1.29 is 9.18 Å². The van der Waals surface area contributed by atoms with Crippen LogP contribution in [0.5, 0.6) is 0 Å². The molecule has 2 aromatic carbocycles. The van der Waals surface area contributed by atoms with E-state index >= 15 is 0 Å². The van der Waals surface area contributed by atoms with E-state index in [0.29, 0.717) is 5.56 Å². The van der Waals surface area contributed by atoms with Crippen molar-refractivity contribution in [2.45, 2.75) is 19.8 Å². The van der Waals surface area contributed by atoms with Crippen molar-refractivity contribution in [1.29, 1.82) is 0 Å². The summed E-state index contributed by atoms with van der Waals surface area (Å²) >= 11 is 1.51. The molecular weight excluding hydrogens is 373 g/mol. The highest BCUT2D eigenvalue weighted by Gasteiger charge is 2.52. The van der Waals surface area contributed by atoms with Crippen LogP contribution in [0.4, 0.5) is 20.0 Å². The summed E-state index contributed by atoms with van der Waals surface area (Å²) in [6, 6.07) is 14.3. The Labute approximate surface area is 167 Å². The first-order valence-corrected chi connectivity index (χ1v) is 10.3. The van der Waals surface area contributed by atoms with E-state index in [9.17, 15) is 9.18 Å². The molecule has 5 rings (SSSR count). The van der Waals surface area contributed by atoms with Crippen molar-refractivity contribution in [3.8, 4) is 11.1 Å². The van der Waals surface area contributed by atoms with Gasteiger partial charge in [0.05, 0.1) is 5.69 Å². The van der Waals surface area contributed by atoms with E-state index < -0.39 is 0 Å². The number of urea groups is 1. The summed E-state index contributed by atoms with van der Waals surface area (Å²) in [6.45, 7) is 3.41. The third-order valence-corrected chi connectivity index (χ3v) is 6.59. The number of halogens is 1. The average molecular weight is 393 g/mol. The number of hydrogen-bond donors (Lipinski definition) is 0. The molecule has 1 aliphatic heterocycles. The van der Waals surface area contributed by atoms with Crippen molar-refractivity contribution in [1.82, 2.24) is 4.98 Å². The molecule has 0 bridgehead atoms. The zero-order chi connectivity index (χ0) is 19.3. The lowest BCUT2D eigenvalue weighted by Gasteiger charge is -2.39. The van der Waals surface area contributed by atoms with Crippen molar-refractivity contribution in [3.05, 3.63) is 65.4 Å². The molecule has 2 heterocycles. The number of anilines is 2. The van der Waals surface area contributed by atoms with E-state index in [1.165, 1.54) is 17.4 Å². The van der Waals surface area contributed by atoms with Crippen LogP contribution < -0.4 is 9.80 Å². The second kappa shape index (κ2) is 6.41. The first-order valence-electron chi connectivity index (χ1n) is 9.41. The monoisotopic (exact) mass is 393 g/mol. The number of hydrogen-bond acceptors (Lipinski definition) is 3. The Morgan fingerprint density at radius 3 is 2.39 bits per heavy atom. The number of rotatable bonds is 3. The largest absolute Gasteiger partial charge is 0.330 e. The van der Waals surface area contributed by atoms with Crippen LogP contribution >= 0.6 is 11.3 Å². The van der Waals surface area contributed by atoms with Crippen LogP contribution in [-0.2, 0) is 0 Å². The number of carbonyl (C=O) groups excluding carboxylic acids is 1. The second-order valence-electron chi connectivity index (χ2n) is 7.75. The summed E-state index contributed by atoms with van der Waals surface area (Å²) in [5.41, 5.74) is 3.31. The number of thiazole rings is 1. The molecule has 28 heavy (non-hydrogen) atoms. The minimum Gasteiger partial charge on any atom is -0.293 e. The number of carbonyl (C=O) groups is 1. The van der Waals surface area contributed by atoms with Crippen LogP contribution in [-0.4, -0.2) is 24.1 Å². The Morgan fingerprint density at radius 2 is 1.75 bits per heavy atom. The van der Waals surface area contributed by atoms with Crippen molar-refractivity contribution >= 4 is 28.2 Å². The summed E-state index contributed by atoms with van der Waals surface area (Å²) in [5.74, 6) is -0.244. The lowest BCUT2D eigenvalue weighted by molar-refractivity contribution is 0.243. The minimum absolute atomic E-state index is 0.0366. The van der Waals surface area contributed by atoms with E-state index in [4.69, 9.17) is 0 Å². The van der Waals surface area contributed by atoms with Gasteiger partial charge in [0, 0.05) is 35.1 Å². The molecule has 2 amide bonds. The van der Waals surface area contributed by atoms with E-state index in [0.717, 1.165) is 48.0 Å². The smallest absolute Gasteiger partial charge is 0.293 e. The highest BCUT2D eigenvalue weighted by atomic mass is 32.1. The Bertz CT molecular complexity index is 1040. The van der Waals surface area contributed by atoms with Gasteiger partial charge in [-0.3, -0.25) is 9.80 Å². The zero-order valence-electron chi connectivity index (χ0n) is 15.6. The minimum atomic E-state index is -0.244. The number of aryl methyl sites for hydroxylation is 1. The van der Waals surface area contributed by atoms with Gasteiger partial charge >= 0.3 is 6.03 Å². The number of amides is 2. The van der Waals surface area contributed by atoms with Crippen LogP contribution in [0, 0.1) is 18.2 Å². The quantitative estimate of drug-likeness (QED) is 0.590. The summed E-state index contributed by atoms with van der Waals surface area (Å²) in [6.07, 6.45) is 2.26. The molecule has 0 radical (unpaired) electrons. The highest BCUT2D eigenvalue weighted by molar-refractivity contribution is 7.14. The maximum atomic E-state index is 14.1. The van der Waals surface area contributed by atoms with Gasteiger partial charge in [0.15, 0.2) is 5.13 Å². The maximum Gasteiger partial charge on any atom is 0.330 e. The van der Waals surface area contributed by atoms with Crippen LogP contribution in [0.3, 0.4) is 0 Å². The normalized spacial score (nSPS) is 18.0. The second-order valence-corrected chi connectivity index (χ2v) is 8.59. The van der Waals surface area contributed by atoms with Gasteiger partial charge in [0.2, 0.25) is 0 Å². The first kappa shape index (κ1) is 17.4. The van der Waals surface area contributed by atoms with Crippen LogP contribution in [0.1, 0.15) is 18.5 Å². The summed E-state index contributed by atoms with van der Waals surface area (Å²) in [7, 11) is 0. The highest BCUT2D eigenvalue weighted by Crippen LogP contribution is 2.50. The average Bonchev–Trinajstić information content (AvgIpc) is 3.32. The van der Waals surface area contributed by atoms with Crippen LogP contribution in [0.25, 0.3) is 11.1 Å². The van der Waals surface area contributed by atoms with Gasteiger partial charge < -0.3 is 0 Å². The SMILES string of the molecule is Cc1csc(N2CC3(CC3)CN(c3ccc(-c4ccccc4F)cc3)C2=O)n1. The molecule has 142 valence electrons. The van der Waals surface area contributed by atoms with Gasteiger partial charge in [-0.2, -0.15) is 0 Å². The predicted molar refractivity (Wildman–Crippen MR) is 110 cm³/mol. The molecule has 1 saturated heterocycles. The third-order valence-electron chi connectivity index (χ3n) is 5.61. The number of benzene rings is 2. The Balaban J connectivity index is 1.46. The van der Waals surface area contributed by atoms with Crippen molar-refractivity contribution in [2.24, 2.45) is 5.41 Å². The molecule has 1 spiro atoms. The molecule has 2 aliphatic rings. The molecule has 3 aromatic rings. The molecule has 1 aliphatic carbocycles. The topological polar surface area (TPSA) is 36.4 Å². The van der Waals surface area contributed by atoms with Crippen molar-refractivity contribution in [2.75, 3.05) is 22.9 Å². The number of nitrogens with zero attached hydrogens (tertiary/aromatic N) is 3. The molecule has 0 N–H and O–H groups in total. The lowest BCUT2D eigenvalue weighted by Crippen LogP contribution is -2.55. The van der Waals surface area contributed by atoms with Gasteiger partial charge in [-0.05, 0) is 43.5 Å². The third kappa shape index (κ3) is 2.98. The zero-order valence-corrected chi connectivity index (χ0v) is 16.4. The summed E-state index contributed by atoms with van der Waals surface area (Å²) < 4.78 is 14.1. The fourth-order valence-electron chi connectivity index (χ4n) is 3.83. The van der Waals surface area contributed by atoms with E-state index in [2.05, 4.69) is 4.98 Å². The van der Waals surface area contributed by atoms with Gasteiger partial charge in [0.25, 0.3) is 0 Å². The van der Waals surface area contributed by atoms with Gasteiger partial charge in [-0.25, -0.2) is 14.2 Å². The summed E-state index contributed by atoms with van der Waals surface area (Å²) in [4.78, 5) is 21.4. The Kier molecular flexibility index (Phi) is 3.98. The van der Waals surface area contributed by atoms with Gasteiger partial charge in [-0.1, -0.05) is 30.3 Å². The molecule has 6 heteroatoms. The fraction of sp³-hybridized carbons (Fsp3) is 0.273. The Hall–Kier alpha value is -2.73. The summed E-state index contributed by atoms with van der Waals surface area (Å²) in [5, 5.41) is 2.74. The lowest BCUT2D eigenvalue weighted by atomic mass is 10.0. The molecule has 1 saturated carbocycles. The fourth-order valence-corrected chi connectivity index (χ4v) is 4.62. The van der Waals surface area contributed by atoms with E-state index in [1.807, 2.05) is 52.4 Å². The molecule has 1 aromatic heterocycles. The standard InChI is InChI=1S/C22H20FN3OS/c1-15-12-28-20(24-15)26-14-22(10-11-22)13-25(21(26)27)17-8-6-16(7-9-17)18-4-2-3-5-19(18)23/h2-9,12H,10-11,13-14H2,1H3. The molecule has 0 unspecified atom stereocenters. The van der Waals surface area contributed by atoms with E-state index in [1.54, 1.807) is 12.1 Å².